The summed E-state index contributed by atoms with van der Waals surface area (Å²) in [6, 6.07) is 14.4. The molecule has 5 rings (SSSR count). The van der Waals surface area contributed by atoms with Gasteiger partial charge in [0, 0.05) is 27.4 Å². The van der Waals surface area contributed by atoms with E-state index in [-0.39, 0.29) is 11.2 Å². The molecule has 0 saturated heterocycles. The quantitative estimate of drug-likeness (QED) is 0.340. The number of benzene rings is 2. The van der Waals surface area contributed by atoms with Gasteiger partial charge in [0.05, 0.1) is 11.9 Å². The van der Waals surface area contributed by atoms with Gasteiger partial charge in [-0.25, -0.2) is 13.9 Å². The average molecular weight is 434 g/mol. The van der Waals surface area contributed by atoms with Crippen molar-refractivity contribution in [3.63, 3.8) is 0 Å². The van der Waals surface area contributed by atoms with Crippen LogP contribution in [0.1, 0.15) is 38.4 Å². The van der Waals surface area contributed by atoms with Crippen LogP contribution < -0.4 is 0 Å². The lowest BCUT2D eigenvalue weighted by atomic mass is 9.71. The highest BCUT2D eigenvalue weighted by Gasteiger charge is 2.32. The highest BCUT2D eigenvalue weighted by molar-refractivity contribution is 6.30. The maximum atomic E-state index is 13.6. The van der Waals surface area contributed by atoms with Gasteiger partial charge in [-0.2, -0.15) is 5.10 Å². The third-order valence-corrected chi connectivity index (χ3v) is 6.78. The molecule has 0 spiro atoms. The smallest absolute Gasteiger partial charge is 0.163 e. The molecule has 5 heteroatoms. The summed E-state index contributed by atoms with van der Waals surface area (Å²) in [5.41, 5.74) is 7.37. The molecule has 2 aromatic heterocycles. The predicted octanol–water partition coefficient (Wildman–Crippen LogP) is 7.01. The average Bonchev–Trinajstić information content (AvgIpc) is 3.17. The van der Waals surface area contributed by atoms with Crippen LogP contribution in [0.15, 0.2) is 54.7 Å². The highest BCUT2D eigenvalue weighted by atomic mass is 35.5. The Bertz CT molecular complexity index is 1250. The molecular formula is C26H25ClFN3. The third kappa shape index (κ3) is 3.63. The Labute approximate surface area is 186 Å². The summed E-state index contributed by atoms with van der Waals surface area (Å²) < 4.78 is 15.6. The summed E-state index contributed by atoms with van der Waals surface area (Å²) in [7, 11) is 0. The van der Waals surface area contributed by atoms with Crippen LogP contribution in [0.25, 0.3) is 28.0 Å². The van der Waals surface area contributed by atoms with Crippen molar-refractivity contribution in [2.24, 2.45) is 11.3 Å². The molecule has 1 aliphatic rings. The van der Waals surface area contributed by atoms with Crippen molar-refractivity contribution in [3.05, 3.63) is 76.8 Å². The molecule has 0 radical (unpaired) electrons. The molecule has 0 saturated carbocycles. The van der Waals surface area contributed by atoms with Gasteiger partial charge < -0.3 is 0 Å². The number of aryl methyl sites for hydroxylation is 1. The fraction of sp³-hybridized carbons (Fsp3) is 0.308. The summed E-state index contributed by atoms with van der Waals surface area (Å²) in [5.74, 6) is 0.321. The molecule has 0 fully saturated rings. The van der Waals surface area contributed by atoms with E-state index in [1.54, 1.807) is 0 Å². The van der Waals surface area contributed by atoms with E-state index < -0.39 is 0 Å². The lowest BCUT2D eigenvalue weighted by Gasteiger charge is -2.35. The van der Waals surface area contributed by atoms with Gasteiger partial charge in [0.1, 0.15) is 5.82 Å². The van der Waals surface area contributed by atoms with Crippen LogP contribution in [0.3, 0.4) is 0 Å². The van der Waals surface area contributed by atoms with Crippen molar-refractivity contribution in [2.45, 2.75) is 40.0 Å². The van der Waals surface area contributed by atoms with Gasteiger partial charge in [-0.05, 0) is 72.6 Å². The molecular weight excluding hydrogens is 409 g/mol. The first kappa shape index (κ1) is 20.2. The predicted molar refractivity (Wildman–Crippen MR) is 124 cm³/mol. The van der Waals surface area contributed by atoms with Crippen LogP contribution in [0, 0.1) is 17.2 Å². The number of halogens is 2. The molecule has 0 bridgehead atoms. The van der Waals surface area contributed by atoms with Crippen molar-refractivity contribution in [2.75, 3.05) is 0 Å². The van der Waals surface area contributed by atoms with Gasteiger partial charge in [-0.15, -0.1) is 0 Å². The van der Waals surface area contributed by atoms with E-state index in [0.717, 1.165) is 47.3 Å². The Hall–Kier alpha value is -2.72. The molecule has 2 aromatic carbocycles. The topological polar surface area (TPSA) is 30.2 Å². The molecule has 0 N–H and O–H groups in total. The fourth-order valence-corrected chi connectivity index (χ4v) is 4.76. The first-order chi connectivity index (χ1) is 14.8. The highest BCUT2D eigenvalue weighted by Crippen LogP contribution is 2.41. The lowest BCUT2D eigenvalue weighted by Crippen LogP contribution is -2.29. The zero-order valence-corrected chi connectivity index (χ0v) is 18.7. The Morgan fingerprint density at radius 1 is 1.00 bits per heavy atom. The summed E-state index contributed by atoms with van der Waals surface area (Å²) in [5, 5.41) is 5.43. The fourth-order valence-electron chi connectivity index (χ4n) is 4.63. The summed E-state index contributed by atoms with van der Waals surface area (Å²) in [4.78, 5) is 5.11. The first-order valence-electron chi connectivity index (χ1n) is 10.7. The van der Waals surface area contributed by atoms with Gasteiger partial charge in [-0.3, -0.25) is 0 Å². The van der Waals surface area contributed by atoms with Crippen LogP contribution in [0.2, 0.25) is 5.02 Å². The van der Waals surface area contributed by atoms with E-state index in [0.29, 0.717) is 10.9 Å². The van der Waals surface area contributed by atoms with Crippen molar-refractivity contribution in [3.8, 4) is 22.4 Å². The zero-order chi connectivity index (χ0) is 21.8. The maximum absolute atomic E-state index is 13.6. The standard InChI is InChI=1S/C26H25ClFN3/c1-26(2,3)18-8-13-23-21(14-18)24(17-6-11-20(28)12-7-17)30-25-22(15-29-31(23)25)16-4-9-19(27)10-5-16/h4-7,9-12,15,18H,8,13-14H2,1-3H3/t18-/m1/s1. The van der Waals surface area contributed by atoms with Gasteiger partial charge >= 0.3 is 0 Å². The van der Waals surface area contributed by atoms with E-state index in [4.69, 9.17) is 21.7 Å². The van der Waals surface area contributed by atoms with Gasteiger partial charge in [0.25, 0.3) is 0 Å². The van der Waals surface area contributed by atoms with Crippen LogP contribution in [-0.2, 0) is 12.8 Å². The first-order valence-corrected chi connectivity index (χ1v) is 11.1. The molecule has 0 amide bonds. The normalized spacial score (nSPS) is 16.5. The van der Waals surface area contributed by atoms with E-state index in [1.165, 1.54) is 23.4 Å². The Morgan fingerprint density at radius 2 is 1.68 bits per heavy atom. The van der Waals surface area contributed by atoms with Crippen molar-refractivity contribution in [1.82, 2.24) is 14.6 Å². The number of aromatic nitrogens is 3. The number of hydrogen-bond donors (Lipinski definition) is 0. The van der Waals surface area contributed by atoms with E-state index in [1.807, 2.05) is 47.1 Å². The number of fused-ring (bicyclic) bond motifs is 3. The lowest BCUT2D eigenvalue weighted by molar-refractivity contribution is 0.214. The molecule has 31 heavy (non-hydrogen) atoms. The molecule has 1 aliphatic carbocycles. The van der Waals surface area contributed by atoms with Crippen molar-refractivity contribution >= 4 is 17.2 Å². The molecule has 4 aromatic rings. The van der Waals surface area contributed by atoms with E-state index in [2.05, 4.69) is 20.8 Å². The van der Waals surface area contributed by atoms with Gasteiger partial charge in [-0.1, -0.05) is 44.5 Å². The molecule has 2 heterocycles. The van der Waals surface area contributed by atoms with E-state index in [9.17, 15) is 4.39 Å². The number of hydrogen-bond acceptors (Lipinski definition) is 2. The second-order valence-corrected chi connectivity index (χ2v) is 9.94. The van der Waals surface area contributed by atoms with E-state index >= 15 is 0 Å². The Kier molecular flexibility index (Phi) is 4.86. The van der Waals surface area contributed by atoms with Crippen molar-refractivity contribution in [1.29, 1.82) is 0 Å². The van der Waals surface area contributed by atoms with Gasteiger partial charge in [0.15, 0.2) is 5.65 Å². The molecule has 158 valence electrons. The van der Waals surface area contributed by atoms with Crippen molar-refractivity contribution < 1.29 is 4.39 Å². The second kappa shape index (κ2) is 7.45. The Morgan fingerprint density at radius 3 is 2.35 bits per heavy atom. The third-order valence-electron chi connectivity index (χ3n) is 6.53. The van der Waals surface area contributed by atoms with Crippen LogP contribution in [0.4, 0.5) is 4.39 Å². The monoisotopic (exact) mass is 433 g/mol. The molecule has 1 atom stereocenters. The minimum absolute atomic E-state index is 0.214. The number of nitrogens with zero attached hydrogens (tertiary/aromatic N) is 3. The second-order valence-electron chi connectivity index (χ2n) is 9.50. The summed E-state index contributed by atoms with van der Waals surface area (Å²) in [6.07, 6.45) is 4.90. The van der Waals surface area contributed by atoms with Gasteiger partial charge in [0.2, 0.25) is 0 Å². The molecule has 3 nitrogen and oxygen atoms in total. The Balaban J connectivity index is 1.74. The maximum Gasteiger partial charge on any atom is 0.163 e. The van der Waals surface area contributed by atoms with Crippen LogP contribution >= 0.6 is 11.6 Å². The zero-order valence-electron chi connectivity index (χ0n) is 18.0. The minimum atomic E-state index is -0.238. The largest absolute Gasteiger partial charge is 0.228 e. The summed E-state index contributed by atoms with van der Waals surface area (Å²) >= 11 is 6.09. The minimum Gasteiger partial charge on any atom is -0.228 e. The summed E-state index contributed by atoms with van der Waals surface area (Å²) in [6.45, 7) is 6.91. The molecule has 0 aliphatic heterocycles. The number of rotatable bonds is 2. The SMILES string of the molecule is CC(C)(C)[C@@H]1CCc2c(c(-c3ccc(F)cc3)nc3c(-c4ccc(Cl)cc4)cnn23)C1. The van der Waals surface area contributed by atoms with Crippen LogP contribution in [0.5, 0.6) is 0 Å². The molecule has 0 unspecified atom stereocenters. The van der Waals surface area contributed by atoms with Crippen LogP contribution in [-0.4, -0.2) is 14.6 Å².